The second-order valence-electron chi connectivity index (χ2n) is 8.80. The van der Waals surface area contributed by atoms with Gasteiger partial charge in [0.25, 0.3) is 0 Å². The van der Waals surface area contributed by atoms with Gasteiger partial charge in [-0.2, -0.15) is 0 Å². The van der Waals surface area contributed by atoms with Gasteiger partial charge in [-0.15, -0.1) is 16.7 Å². The molecule has 1 aromatic heterocycles. The van der Waals surface area contributed by atoms with Gasteiger partial charge in [0.2, 0.25) is 0 Å². The van der Waals surface area contributed by atoms with Crippen molar-refractivity contribution in [3.8, 4) is 11.5 Å². The molecular formula is C25H32ClN3O4. The predicted octanol–water partition coefficient (Wildman–Crippen LogP) is 3.64. The summed E-state index contributed by atoms with van der Waals surface area (Å²) in [7, 11) is 0. The quantitative estimate of drug-likeness (QED) is 0.413. The number of aromatic nitrogens is 3. The van der Waals surface area contributed by atoms with Crippen molar-refractivity contribution in [2.24, 2.45) is 0 Å². The Labute approximate surface area is 199 Å². The number of nitrogens with zero attached hydrogens (tertiary/aromatic N) is 3. The minimum Gasteiger partial charge on any atom is -0.491 e. The molecule has 2 N–H and O–H groups in total. The Balaban J connectivity index is 1.61. The molecule has 2 unspecified atom stereocenters. The fourth-order valence-electron chi connectivity index (χ4n) is 3.51. The van der Waals surface area contributed by atoms with Crippen molar-refractivity contribution in [2.45, 2.75) is 51.9 Å². The van der Waals surface area contributed by atoms with E-state index in [-0.39, 0.29) is 24.5 Å². The SMILES string of the molecule is Cc1cn(CC(O)COc2ccc(C(C)(C)c3ccc(OCC(O)CCl)c(C)c3)cc2)nn1. The molecule has 2 aromatic carbocycles. The first kappa shape index (κ1) is 25.0. The monoisotopic (exact) mass is 473 g/mol. The van der Waals surface area contributed by atoms with Gasteiger partial charge < -0.3 is 19.7 Å². The lowest BCUT2D eigenvalue weighted by molar-refractivity contribution is 0.0888. The summed E-state index contributed by atoms with van der Waals surface area (Å²) in [5, 5.41) is 27.7. The van der Waals surface area contributed by atoms with E-state index in [1.54, 1.807) is 10.9 Å². The summed E-state index contributed by atoms with van der Waals surface area (Å²) in [4.78, 5) is 0. The van der Waals surface area contributed by atoms with Gasteiger partial charge in [0.1, 0.15) is 36.9 Å². The Hall–Kier alpha value is -2.61. The summed E-state index contributed by atoms with van der Waals surface area (Å²) >= 11 is 5.63. The summed E-state index contributed by atoms with van der Waals surface area (Å²) in [5.41, 5.74) is 3.86. The second kappa shape index (κ2) is 11.0. The zero-order valence-electron chi connectivity index (χ0n) is 19.5. The zero-order chi connectivity index (χ0) is 24.0. The third-order valence-electron chi connectivity index (χ3n) is 5.58. The lowest BCUT2D eigenvalue weighted by Crippen LogP contribution is -2.24. The fraction of sp³-hybridized carbons (Fsp3) is 0.440. The van der Waals surface area contributed by atoms with Crippen LogP contribution in [0.2, 0.25) is 0 Å². The van der Waals surface area contributed by atoms with Crippen LogP contribution in [0.3, 0.4) is 0 Å². The molecule has 3 aromatic rings. The smallest absolute Gasteiger partial charge is 0.122 e. The molecule has 2 atom stereocenters. The van der Waals surface area contributed by atoms with Gasteiger partial charge in [0.05, 0.1) is 18.1 Å². The number of aliphatic hydroxyl groups is 2. The topological polar surface area (TPSA) is 89.6 Å². The van der Waals surface area contributed by atoms with Crippen molar-refractivity contribution in [3.63, 3.8) is 0 Å². The molecule has 0 aliphatic carbocycles. The summed E-state index contributed by atoms with van der Waals surface area (Å²) in [6, 6.07) is 14.0. The molecular weight excluding hydrogens is 442 g/mol. The Bertz CT molecular complexity index is 1040. The van der Waals surface area contributed by atoms with E-state index in [1.807, 2.05) is 50.2 Å². The van der Waals surface area contributed by atoms with Crippen molar-refractivity contribution < 1.29 is 19.7 Å². The van der Waals surface area contributed by atoms with Crippen LogP contribution in [-0.2, 0) is 12.0 Å². The van der Waals surface area contributed by atoms with Crippen LogP contribution >= 0.6 is 11.6 Å². The van der Waals surface area contributed by atoms with Crippen LogP contribution in [0, 0.1) is 13.8 Å². The summed E-state index contributed by atoms with van der Waals surface area (Å²) in [5.74, 6) is 1.58. The van der Waals surface area contributed by atoms with Crippen molar-refractivity contribution in [1.29, 1.82) is 0 Å². The van der Waals surface area contributed by atoms with Crippen LogP contribution in [0.1, 0.15) is 36.2 Å². The molecule has 0 bridgehead atoms. The highest BCUT2D eigenvalue weighted by Gasteiger charge is 2.24. The average molecular weight is 474 g/mol. The number of benzene rings is 2. The predicted molar refractivity (Wildman–Crippen MR) is 128 cm³/mol. The lowest BCUT2D eigenvalue weighted by Gasteiger charge is -2.27. The molecule has 3 rings (SSSR count). The average Bonchev–Trinajstić information content (AvgIpc) is 3.21. The molecule has 0 aliphatic rings. The van der Waals surface area contributed by atoms with E-state index in [4.69, 9.17) is 21.1 Å². The molecule has 33 heavy (non-hydrogen) atoms. The highest BCUT2D eigenvalue weighted by atomic mass is 35.5. The van der Waals surface area contributed by atoms with Crippen LogP contribution < -0.4 is 9.47 Å². The molecule has 178 valence electrons. The molecule has 1 heterocycles. The van der Waals surface area contributed by atoms with Gasteiger partial charge in [-0.1, -0.05) is 43.3 Å². The van der Waals surface area contributed by atoms with Crippen molar-refractivity contribution >= 4 is 11.6 Å². The van der Waals surface area contributed by atoms with E-state index in [2.05, 4.69) is 30.2 Å². The normalized spacial score (nSPS) is 13.5. The van der Waals surface area contributed by atoms with E-state index < -0.39 is 12.2 Å². The molecule has 8 heteroatoms. The van der Waals surface area contributed by atoms with Crippen LogP contribution in [0.25, 0.3) is 0 Å². The minimum atomic E-state index is -0.684. The number of rotatable bonds is 11. The first-order chi connectivity index (χ1) is 15.7. The minimum absolute atomic E-state index is 0.143. The van der Waals surface area contributed by atoms with Crippen LogP contribution in [0.15, 0.2) is 48.7 Å². The molecule has 0 amide bonds. The molecule has 0 spiro atoms. The van der Waals surface area contributed by atoms with Gasteiger partial charge in [-0.25, -0.2) is 4.68 Å². The lowest BCUT2D eigenvalue weighted by atomic mass is 9.77. The maximum atomic E-state index is 10.2. The van der Waals surface area contributed by atoms with Gasteiger partial charge in [-0.05, 0) is 48.7 Å². The first-order valence-electron chi connectivity index (χ1n) is 10.9. The van der Waals surface area contributed by atoms with Crippen molar-refractivity contribution in [3.05, 3.63) is 71.0 Å². The Morgan fingerprint density at radius 2 is 1.64 bits per heavy atom. The third kappa shape index (κ3) is 6.69. The van der Waals surface area contributed by atoms with E-state index >= 15 is 0 Å². The van der Waals surface area contributed by atoms with Gasteiger partial charge in [0.15, 0.2) is 0 Å². The third-order valence-corrected chi connectivity index (χ3v) is 5.93. The summed E-state index contributed by atoms with van der Waals surface area (Å²) < 4.78 is 13.0. The molecule has 0 saturated heterocycles. The van der Waals surface area contributed by atoms with E-state index in [0.29, 0.717) is 12.3 Å². The Morgan fingerprint density at radius 3 is 2.24 bits per heavy atom. The highest BCUT2D eigenvalue weighted by molar-refractivity contribution is 6.18. The number of ether oxygens (including phenoxy) is 2. The number of hydrogen-bond acceptors (Lipinski definition) is 6. The molecule has 7 nitrogen and oxygen atoms in total. The number of aliphatic hydroxyl groups excluding tert-OH is 2. The molecule has 0 radical (unpaired) electrons. The van der Waals surface area contributed by atoms with Gasteiger partial charge in [-0.3, -0.25) is 0 Å². The number of hydrogen-bond donors (Lipinski definition) is 2. The van der Waals surface area contributed by atoms with Crippen LogP contribution in [0.5, 0.6) is 11.5 Å². The molecule has 0 fully saturated rings. The van der Waals surface area contributed by atoms with E-state index in [0.717, 1.165) is 28.1 Å². The largest absolute Gasteiger partial charge is 0.491 e. The van der Waals surface area contributed by atoms with Crippen molar-refractivity contribution in [2.75, 3.05) is 19.1 Å². The Kier molecular flexibility index (Phi) is 8.35. The standard InChI is InChI=1S/C25H32ClN3O4/c1-17-11-20(7-10-24(17)33-15-21(30)12-26)25(3,4)19-5-8-23(9-6-19)32-16-22(31)14-29-13-18(2)27-28-29/h5-11,13,21-22,30-31H,12,14-16H2,1-4H3. The second-order valence-corrected chi connectivity index (χ2v) is 9.10. The molecule has 0 aliphatic heterocycles. The fourth-order valence-corrected chi connectivity index (χ4v) is 3.60. The summed E-state index contributed by atoms with van der Waals surface area (Å²) in [6.07, 6.45) is 0.413. The number of aryl methyl sites for hydroxylation is 2. The Morgan fingerprint density at radius 1 is 0.970 bits per heavy atom. The molecule has 0 saturated carbocycles. The maximum absolute atomic E-state index is 10.2. The van der Waals surface area contributed by atoms with Crippen molar-refractivity contribution in [1.82, 2.24) is 15.0 Å². The van der Waals surface area contributed by atoms with Crippen LogP contribution in [0.4, 0.5) is 0 Å². The number of alkyl halides is 1. The number of halogens is 1. The zero-order valence-corrected chi connectivity index (χ0v) is 20.3. The first-order valence-corrected chi connectivity index (χ1v) is 11.5. The van der Waals surface area contributed by atoms with Crippen LogP contribution in [-0.4, -0.2) is 56.5 Å². The van der Waals surface area contributed by atoms with Gasteiger partial charge >= 0.3 is 0 Å². The van der Waals surface area contributed by atoms with E-state index in [9.17, 15) is 10.2 Å². The maximum Gasteiger partial charge on any atom is 0.122 e. The highest BCUT2D eigenvalue weighted by Crippen LogP contribution is 2.34. The summed E-state index contributed by atoms with van der Waals surface area (Å²) in [6.45, 7) is 8.84. The van der Waals surface area contributed by atoms with Gasteiger partial charge in [0, 0.05) is 11.6 Å². The van der Waals surface area contributed by atoms with E-state index in [1.165, 1.54) is 0 Å².